The van der Waals surface area contributed by atoms with Crippen LogP contribution in [-0.2, 0) is 4.79 Å². The highest BCUT2D eigenvalue weighted by Crippen LogP contribution is 2.19. The fourth-order valence-corrected chi connectivity index (χ4v) is 2.40. The molecule has 0 aromatic heterocycles. The maximum atomic E-state index is 13.6. The van der Waals surface area contributed by atoms with Gasteiger partial charge in [-0.25, -0.2) is 4.39 Å². The molecule has 3 nitrogen and oxygen atoms in total. The van der Waals surface area contributed by atoms with Gasteiger partial charge in [-0.3, -0.25) is 4.79 Å². The van der Waals surface area contributed by atoms with Gasteiger partial charge in [0, 0.05) is 6.54 Å². The van der Waals surface area contributed by atoms with Gasteiger partial charge in [0.25, 0.3) is 5.91 Å². The maximum absolute atomic E-state index is 13.6. The lowest BCUT2D eigenvalue weighted by Gasteiger charge is -2.19. The molecule has 0 spiro atoms. The van der Waals surface area contributed by atoms with E-state index in [0.29, 0.717) is 13.0 Å². The van der Waals surface area contributed by atoms with Crippen molar-refractivity contribution in [2.45, 2.75) is 45.1 Å². The summed E-state index contributed by atoms with van der Waals surface area (Å²) in [6.07, 6.45) is 6.59. The summed E-state index contributed by atoms with van der Waals surface area (Å²) >= 11 is 0. The van der Waals surface area contributed by atoms with Crippen molar-refractivity contribution in [1.29, 1.82) is 0 Å². The average Bonchev–Trinajstić information content (AvgIpc) is 2.53. The average molecular weight is 291 g/mol. The first-order valence-electron chi connectivity index (χ1n) is 7.57. The van der Waals surface area contributed by atoms with Crippen LogP contribution in [0.1, 0.15) is 39.0 Å². The number of rotatable bonds is 6. The van der Waals surface area contributed by atoms with Gasteiger partial charge in [0.2, 0.25) is 0 Å². The molecule has 2 rings (SSSR count). The van der Waals surface area contributed by atoms with Crippen LogP contribution in [0.25, 0.3) is 0 Å². The molecular formula is C17H22FNO2. The van der Waals surface area contributed by atoms with E-state index in [1.54, 1.807) is 12.1 Å². The molecule has 0 aliphatic heterocycles. The zero-order chi connectivity index (χ0) is 15.1. The van der Waals surface area contributed by atoms with Crippen molar-refractivity contribution in [2.24, 2.45) is 0 Å². The van der Waals surface area contributed by atoms with E-state index in [9.17, 15) is 9.18 Å². The highest BCUT2D eigenvalue weighted by molar-refractivity contribution is 5.81. The maximum Gasteiger partial charge on any atom is 0.261 e. The minimum atomic E-state index is -0.661. The molecule has 0 fully saturated rings. The molecule has 1 atom stereocenters. The number of hydrogen-bond donors (Lipinski definition) is 1. The largest absolute Gasteiger partial charge is 0.478 e. The van der Waals surface area contributed by atoms with Crippen LogP contribution >= 0.6 is 0 Å². The molecule has 21 heavy (non-hydrogen) atoms. The predicted molar refractivity (Wildman–Crippen MR) is 80.7 cm³/mol. The third-order valence-corrected chi connectivity index (χ3v) is 3.64. The van der Waals surface area contributed by atoms with Crippen molar-refractivity contribution in [3.05, 3.63) is 41.7 Å². The van der Waals surface area contributed by atoms with Crippen LogP contribution in [0.3, 0.4) is 0 Å². The van der Waals surface area contributed by atoms with E-state index in [0.717, 1.165) is 12.8 Å². The smallest absolute Gasteiger partial charge is 0.261 e. The Kier molecular flexibility index (Phi) is 5.78. The molecule has 1 aliphatic carbocycles. The Labute approximate surface area is 125 Å². The first kappa shape index (κ1) is 15.5. The molecule has 0 saturated heterocycles. The Balaban J connectivity index is 1.89. The summed E-state index contributed by atoms with van der Waals surface area (Å²) in [5.41, 5.74) is 1.27. The third-order valence-electron chi connectivity index (χ3n) is 3.64. The molecule has 0 bridgehead atoms. The van der Waals surface area contributed by atoms with Gasteiger partial charge in [0.1, 0.15) is 0 Å². The number of nitrogens with one attached hydrogen (secondary N) is 1. The number of halogens is 1. The standard InChI is InChI=1S/C17H22FNO2/c1-2-15(21-16-11-7-6-10-14(16)18)17(20)19-12-13-8-4-3-5-9-13/h6-8,10-11,15H,2-5,9,12H2,1H3,(H,19,20). The second-order valence-corrected chi connectivity index (χ2v) is 5.27. The molecule has 4 heteroatoms. The Morgan fingerprint density at radius 3 is 2.86 bits per heavy atom. The third kappa shape index (κ3) is 4.59. The summed E-state index contributed by atoms with van der Waals surface area (Å²) < 4.78 is 19.1. The summed E-state index contributed by atoms with van der Waals surface area (Å²) in [6.45, 7) is 2.42. The highest BCUT2D eigenvalue weighted by Gasteiger charge is 2.19. The van der Waals surface area contributed by atoms with Crippen LogP contribution in [-0.4, -0.2) is 18.6 Å². The van der Waals surface area contributed by atoms with Crippen LogP contribution in [0, 0.1) is 5.82 Å². The lowest BCUT2D eigenvalue weighted by Crippen LogP contribution is -2.39. The molecule has 1 aromatic carbocycles. The molecule has 0 saturated carbocycles. The number of hydrogen-bond acceptors (Lipinski definition) is 2. The van der Waals surface area contributed by atoms with E-state index in [2.05, 4.69) is 11.4 Å². The van der Waals surface area contributed by atoms with E-state index in [4.69, 9.17) is 4.74 Å². The number of allylic oxidation sites excluding steroid dienone is 1. The monoisotopic (exact) mass is 291 g/mol. The van der Waals surface area contributed by atoms with Crippen LogP contribution < -0.4 is 10.1 Å². The van der Waals surface area contributed by atoms with Crippen molar-refractivity contribution >= 4 is 5.91 Å². The Hall–Kier alpha value is -1.84. The van der Waals surface area contributed by atoms with Crippen molar-refractivity contribution in [3.8, 4) is 5.75 Å². The van der Waals surface area contributed by atoms with Gasteiger partial charge < -0.3 is 10.1 Å². The molecule has 0 radical (unpaired) electrons. The van der Waals surface area contributed by atoms with E-state index >= 15 is 0 Å². The first-order chi connectivity index (χ1) is 10.2. The lowest BCUT2D eigenvalue weighted by atomic mass is 10.00. The van der Waals surface area contributed by atoms with Gasteiger partial charge in [-0.15, -0.1) is 0 Å². The molecule has 1 N–H and O–H groups in total. The van der Waals surface area contributed by atoms with Crippen molar-refractivity contribution in [1.82, 2.24) is 5.32 Å². The molecule has 114 valence electrons. The van der Waals surface area contributed by atoms with Gasteiger partial charge in [0.15, 0.2) is 17.7 Å². The second kappa shape index (κ2) is 7.81. The highest BCUT2D eigenvalue weighted by atomic mass is 19.1. The fourth-order valence-electron chi connectivity index (χ4n) is 2.40. The fraction of sp³-hybridized carbons (Fsp3) is 0.471. The van der Waals surface area contributed by atoms with Crippen LogP contribution in [0.4, 0.5) is 4.39 Å². The minimum Gasteiger partial charge on any atom is -0.478 e. The van der Waals surface area contributed by atoms with Gasteiger partial charge in [-0.2, -0.15) is 0 Å². The van der Waals surface area contributed by atoms with Gasteiger partial charge in [0.05, 0.1) is 0 Å². The van der Waals surface area contributed by atoms with E-state index in [1.807, 2.05) is 6.92 Å². The Morgan fingerprint density at radius 1 is 1.38 bits per heavy atom. The number of carbonyl (C=O) groups excluding carboxylic acids is 1. The molecule has 0 heterocycles. The minimum absolute atomic E-state index is 0.122. The van der Waals surface area contributed by atoms with Crippen LogP contribution in [0.5, 0.6) is 5.75 Å². The molecule has 1 unspecified atom stereocenters. The number of para-hydroxylation sites is 1. The number of carbonyl (C=O) groups is 1. The summed E-state index contributed by atoms with van der Waals surface area (Å²) in [5.74, 6) is -0.512. The Bertz CT molecular complexity index is 513. The second-order valence-electron chi connectivity index (χ2n) is 5.27. The summed E-state index contributed by atoms with van der Waals surface area (Å²) in [4.78, 5) is 12.1. The molecule has 1 amide bonds. The lowest BCUT2D eigenvalue weighted by molar-refractivity contribution is -0.128. The molecule has 1 aromatic rings. The summed E-state index contributed by atoms with van der Waals surface area (Å²) in [5, 5.41) is 2.89. The van der Waals surface area contributed by atoms with E-state index < -0.39 is 11.9 Å². The number of amides is 1. The Morgan fingerprint density at radius 2 is 2.19 bits per heavy atom. The van der Waals surface area contributed by atoms with Crippen molar-refractivity contribution in [3.63, 3.8) is 0 Å². The van der Waals surface area contributed by atoms with E-state index in [1.165, 1.54) is 30.5 Å². The van der Waals surface area contributed by atoms with Crippen molar-refractivity contribution < 1.29 is 13.9 Å². The van der Waals surface area contributed by atoms with Crippen molar-refractivity contribution in [2.75, 3.05) is 6.54 Å². The zero-order valence-electron chi connectivity index (χ0n) is 12.4. The first-order valence-corrected chi connectivity index (χ1v) is 7.57. The SMILES string of the molecule is CCC(Oc1ccccc1F)C(=O)NCC1=CCCCC1. The summed E-state index contributed by atoms with van der Waals surface area (Å²) in [6, 6.07) is 6.15. The van der Waals surface area contributed by atoms with Gasteiger partial charge in [-0.05, 0) is 44.2 Å². The molecule has 1 aliphatic rings. The normalized spacial score (nSPS) is 16.0. The topological polar surface area (TPSA) is 38.3 Å². The molecular weight excluding hydrogens is 269 g/mol. The predicted octanol–water partition coefficient (Wildman–Crippen LogP) is 3.60. The zero-order valence-corrected chi connectivity index (χ0v) is 12.4. The van der Waals surface area contributed by atoms with Gasteiger partial charge >= 0.3 is 0 Å². The number of benzene rings is 1. The summed E-state index contributed by atoms with van der Waals surface area (Å²) in [7, 11) is 0. The number of ether oxygens (including phenoxy) is 1. The van der Waals surface area contributed by atoms with E-state index in [-0.39, 0.29) is 11.7 Å². The van der Waals surface area contributed by atoms with Gasteiger partial charge in [-0.1, -0.05) is 30.7 Å². The quantitative estimate of drug-likeness (QED) is 0.813. The van der Waals surface area contributed by atoms with Crippen LogP contribution in [0.2, 0.25) is 0 Å². The van der Waals surface area contributed by atoms with Crippen LogP contribution in [0.15, 0.2) is 35.9 Å².